The SMILES string of the molecule is C=C(CC)CNC(COCC)C(C)C. The van der Waals surface area contributed by atoms with Crippen LogP contribution in [0.4, 0.5) is 0 Å². The third-order valence-electron chi connectivity index (χ3n) is 2.42. The zero-order chi connectivity index (χ0) is 11.0. The van der Waals surface area contributed by atoms with Gasteiger partial charge in [0.05, 0.1) is 6.61 Å². The Bertz CT molecular complexity index is 154. The molecule has 14 heavy (non-hydrogen) atoms. The summed E-state index contributed by atoms with van der Waals surface area (Å²) in [5, 5.41) is 3.48. The molecule has 0 aliphatic carbocycles. The molecule has 0 aliphatic rings. The highest BCUT2D eigenvalue weighted by atomic mass is 16.5. The average Bonchev–Trinajstić information content (AvgIpc) is 2.16. The molecule has 0 saturated heterocycles. The summed E-state index contributed by atoms with van der Waals surface area (Å²) >= 11 is 0. The average molecular weight is 199 g/mol. The highest BCUT2D eigenvalue weighted by Crippen LogP contribution is 2.03. The van der Waals surface area contributed by atoms with Crippen LogP contribution in [-0.4, -0.2) is 25.8 Å². The zero-order valence-electron chi connectivity index (χ0n) is 10.1. The van der Waals surface area contributed by atoms with E-state index in [2.05, 4.69) is 32.7 Å². The maximum Gasteiger partial charge on any atom is 0.0622 e. The predicted octanol–water partition coefficient (Wildman–Crippen LogP) is 2.60. The topological polar surface area (TPSA) is 21.3 Å². The van der Waals surface area contributed by atoms with Gasteiger partial charge in [-0.3, -0.25) is 0 Å². The first-order chi connectivity index (χ1) is 6.61. The minimum Gasteiger partial charge on any atom is -0.380 e. The summed E-state index contributed by atoms with van der Waals surface area (Å²) in [5.74, 6) is 0.603. The summed E-state index contributed by atoms with van der Waals surface area (Å²) in [7, 11) is 0. The highest BCUT2D eigenvalue weighted by Gasteiger charge is 2.12. The molecule has 2 nitrogen and oxygen atoms in total. The Kier molecular flexibility index (Phi) is 7.81. The van der Waals surface area contributed by atoms with Gasteiger partial charge in [-0.05, 0) is 19.3 Å². The minimum absolute atomic E-state index is 0.443. The van der Waals surface area contributed by atoms with Crippen LogP contribution in [0.25, 0.3) is 0 Å². The van der Waals surface area contributed by atoms with Crippen LogP contribution in [0.5, 0.6) is 0 Å². The normalized spacial score (nSPS) is 13.2. The molecule has 0 fully saturated rings. The molecule has 1 unspecified atom stereocenters. The van der Waals surface area contributed by atoms with Gasteiger partial charge in [-0.2, -0.15) is 0 Å². The van der Waals surface area contributed by atoms with E-state index in [0.29, 0.717) is 12.0 Å². The number of hydrogen-bond donors (Lipinski definition) is 1. The van der Waals surface area contributed by atoms with Crippen LogP contribution < -0.4 is 5.32 Å². The molecule has 0 radical (unpaired) electrons. The first-order valence-corrected chi connectivity index (χ1v) is 5.59. The van der Waals surface area contributed by atoms with E-state index in [9.17, 15) is 0 Å². The van der Waals surface area contributed by atoms with Crippen molar-refractivity contribution in [3.05, 3.63) is 12.2 Å². The molecule has 0 rings (SSSR count). The largest absolute Gasteiger partial charge is 0.380 e. The Morgan fingerprint density at radius 2 is 2.00 bits per heavy atom. The van der Waals surface area contributed by atoms with Gasteiger partial charge < -0.3 is 10.1 Å². The molecule has 0 amide bonds. The number of ether oxygens (including phenoxy) is 1. The van der Waals surface area contributed by atoms with E-state index in [4.69, 9.17) is 4.74 Å². The van der Waals surface area contributed by atoms with E-state index in [1.165, 1.54) is 5.57 Å². The van der Waals surface area contributed by atoms with Crippen LogP contribution in [0.3, 0.4) is 0 Å². The first kappa shape index (κ1) is 13.7. The maximum absolute atomic E-state index is 5.43. The lowest BCUT2D eigenvalue weighted by atomic mass is 10.0. The van der Waals surface area contributed by atoms with E-state index in [0.717, 1.165) is 26.2 Å². The van der Waals surface area contributed by atoms with Gasteiger partial charge >= 0.3 is 0 Å². The van der Waals surface area contributed by atoms with Crippen molar-refractivity contribution >= 4 is 0 Å². The highest BCUT2D eigenvalue weighted by molar-refractivity contribution is 4.96. The molecule has 0 bridgehead atoms. The smallest absolute Gasteiger partial charge is 0.0622 e. The first-order valence-electron chi connectivity index (χ1n) is 5.59. The second-order valence-electron chi connectivity index (χ2n) is 3.99. The summed E-state index contributed by atoms with van der Waals surface area (Å²) in [6.45, 7) is 15.1. The lowest BCUT2D eigenvalue weighted by molar-refractivity contribution is 0.109. The monoisotopic (exact) mass is 199 g/mol. The third-order valence-corrected chi connectivity index (χ3v) is 2.42. The van der Waals surface area contributed by atoms with Crippen molar-refractivity contribution in [2.75, 3.05) is 19.8 Å². The molecule has 1 atom stereocenters. The van der Waals surface area contributed by atoms with Crippen molar-refractivity contribution in [3.63, 3.8) is 0 Å². The summed E-state index contributed by atoms with van der Waals surface area (Å²) < 4.78 is 5.43. The summed E-state index contributed by atoms with van der Waals surface area (Å²) in [5.41, 5.74) is 1.26. The van der Waals surface area contributed by atoms with Crippen LogP contribution in [-0.2, 0) is 4.74 Å². The van der Waals surface area contributed by atoms with Gasteiger partial charge in [-0.15, -0.1) is 0 Å². The number of rotatable bonds is 8. The Labute approximate surface area is 88.7 Å². The molecule has 0 aromatic rings. The van der Waals surface area contributed by atoms with Crippen molar-refractivity contribution < 1.29 is 4.74 Å². The lowest BCUT2D eigenvalue weighted by Gasteiger charge is -2.22. The van der Waals surface area contributed by atoms with Crippen molar-refractivity contribution in [2.45, 2.75) is 40.2 Å². The van der Waals surface area contributed by atoms with Gasteiger partial charge in [-0.25, -0.2) is 0 Å². The third kappa shape index (κ3) is 6.17. The molecule has 1 N–H and O–H groups in total. The van der Waals surface area contributed by atoms with Crippen LogP contribution in [0, 0.1) is 5.92 Å². The second-order valence-corrected chi connectivity index (χ2v) is 3.99. The van der Waals surface area contributed by atoms with E-state index < -0.39 is 0 Å². The van der Waals surface area contributed by atoms with Crippen LogP contribution in [0.2, 0.25) is 0 Å². The van der Waals surface area contributed by atoms with Crippen LogP contribution >= 0.6 is 0 Å². The van der Waals surface area contributed by atoms with Gasteiger partial charge in [0.1, 0.15) is 0 Å². The Morgan fingerprint density at radius 1 is 1.36 bits per heavy atom. The van der Waals surface area contributed by atoms with E-state index >= 15 is 0 Å². The Balaban J connectivity index is 3.78. The van der Waals surface area contributed by atoms with Crippen molar-refractivity contribution in [3.8, 4) is 0 Å². The van der Waals surface area contributed by atoms with E-state index in [1.54, 1.807) is 0 Å². The predicted molar refractivity (Wildman–Crippen MR) is 62.6 cm³/mol. The van der Waals surface area contributed by atoms with Gasteiger partial charge in [0.25, 0.3) is 0 Å². The number of nitrogens with one attached hydrogen (secondary N) is 1. The van der Waals surface area contributed by atoms with Crippen molar-refractivity contribution in [1.29, 1.82) is 0 Å². The molecule has 0 aromatic heterocycles. The van der Waals surface area contributed by atoms with Gasteiger partial charge in [0, 0.05) is 19.2 Å². The molecule has 2 heteroatoms. The van der Waals surface area contributed by atoms with Gasteiger partial charge in [-0.1, -0.05) is 32.9 Å². The Morgan fingerprint density at radius 3 is 2.43 bits per heavy atom. The second kappa shape index (κ2) is 8.01. The molecule has 84 valence electrons. The molecule has 0 aromatic carbocycles. The van der Waals surface area contributed by atoms with Crippen molar-refractivity contribution in [1.82, 2.24) is 5.32 Å². The fourth-order valence-electron chi connectivity index (χ4n) is 1.13. The fraction of sp³-hybridized carbons (Fsp3) is 0.833. The zero-order valence-corrected chi connectivity index (χ0v) is 10.1. The molecule has 0 heterocycles. The van der Waals surface area contributed by atoms with Gasteiger partial charge in [0.2, 0.25) is 0 Å². The van der Waals surface area contributed by atoms with E-state index in [-0.39, 0.29) is 0 Å². The standard InChI is InChI=1S/C12H25NO/c1-6-11(5)8-13-12(10(3)4)9-14-7-2/h10,12-13H,5-9H2,1-4H3. The molecular weight excluding hydrogens is 174 g/mol. The molecular formula is C12H25NO. The maximum atomic E-state index is 5.43. The quantitative estimate of drug-likeness (QED) is 0.607. The molecule has 0 aliphatic heterocycles. The summed E-state index contributed by atoms with van der Waals surface area (Å²) in [4.78, 5) is 0. The lowest BCUT2D eigenvalue weighted by Crippen LogP contribution is -2.38. The number of hydrogen-bond acceptors (Lipinski definition) is 2. The van der Waals surface area contributed by atoms with E-state index in [1.807, 2.05) is 6.92 Å². The Hall–Kier alpha value is -0.340. The molecule has 0 saturated carbocycles. The fourth-order valence-corrected chi connectivity index (χ4v) is 1.13. The molecule has 0 spiro atoms. The minimum atomic E-state index is 0.443. The summed E-state index contributed by atoms with van der Waals surface area (Å²) in [6, 6.07) is 0.443. The summed E-state index contributed by atoms with van der Waals surface area (Å²) in [6.07, 6.45) is 1.05. The van der Waals surface area contributed by atoms with Crippen molar-refractivity contribution in [2.24, 2.45) is 5.92 Å². The van der Waals surface area contributed by atoms with Gasteiger partial charge in [0.15, 0.2) is 0 Å². The van der Waals surface area contributed by atoms with Crippen LogP contribution in [0.1, 0.15) is 34.1 Å². The van der Waals surface area contributed by atoms with Crippen LogP contribution in [0.15, 0.2) is 12.2 Å².